The van der Waals surface area contributed by atoms with Gasteiger partial charge in [-0.25, -0.2) is 9.48 Å². The zero-order valence-electron chi connectivity index (χ0n) is 23.1. The van der Waals surface area contributed by atoms with Gasteiger partial charge in [0.05, 0.1) is 28.8 Å². The molecule has 0 aliphatic carbocycles. The van der Waals surface area contributed by atoms with Gasteiger partial charge in [-0.05, 0) is 62.1 Å². The van der Waals surface area contributed by atoms with Crippen LogP contribution >= 0.6 is 35.0 Å². The highest BCUT2D eigenvalue weighted by Gasteiger charge is 2.35. The van der Waals surface area contributed by atoms with Gasteiger partial charge in [-0.1, -0.05) is 67.4 Å². The number of nitrogens with one attached hydrogen (secondary N) is 1. The third-order valence-corrected chi connectivity index (χ3v) is 7.96. The van der Waals surface area contributed by atoms with Crippen molar-refractivity contribution in [2.24, 2.45) is 0 Å². The van der Waals surface area contributed by atoms with Crippen molar-refractivity contribution in [2.45, 2.75) is 64.8 Å². The van der Waals surface area contributed by atoms with Gasteiger partial charge in [0, 0.05) is 11.4 Å². The first kappa shape index (κ1) is 30.1. The number of carbonyl (C=O) groups excluding carboxylic acids is 1. The summed E-state index contributed by atoms with van der Waals surface area (Å²) in [6.45, 7) is 9.01. The van der Waals surface area contributed by atoms with Crippen molar-refractivity contribution in [2.75, 3.05) is 24.3 Å². The minimum Gasteiger partial charge on any atom is -0.490 e. The van der Waals surface area contributed by atoms with Crippen LogP contribution in [0.1, 0.15) is 64.1 Å². The Bertz CT molecular complexity index is 1380. The second kappa shape index (κ2) is 14.1. The molecule has 0 fully saturated rings. The van der Waals surface area contributed by atoms with Crippen molar-refractivity contribution in [3.8, 4) is 11.5 Å². The van der Waals surface area contributed by atoms with Crippen LogP contribution in [0.4, 0.5) is 5.95 Å². The van der Waals surface area contributed by atoms with Gasteiger partial charge in [0.2, 0.25) is 11.1 Å². The molecule has 11 heteroatoms. The zero-order valence-corrected chi connectivity index (χ0v) is 25.5. The summed E-state index contributed by atoms with van der Waals surface area (Å²) in [5.41, 5.74) is 2.83. The third-order valence-electron chi connectivity index (χ3n) is 6.18. The number of anilines is 1. The van der Waals surface area contributed by atoms with E-state index in [1.54, 1.807) is 28.6 Å². The van der Waals surface area contributed by atoms with Crippen molar-refractivity contribution < 1.29 is 19.0 Å². The van der Waals surface area contributed by atoms with E-state index in [1.165, 1.54) is 0 Å². The fourth-order valence-corrected chi connectivity index (χ4v) is 5.22. The standard InChI is InChI=1S/C29H34Cl2N4O4S/c1-5-8-13-38-27(36)25-18(4)32-28-33-29(40-14-6-2)34-35(28)26(25)20-10-12-23(24(16-20)37-7-3)39-17-19-9-11-21(30)22(31)15-19/h9-12,15-16,26H,5-8,13-14,17H2,1-4H3,(H,32,33,34). The molecule has 2 heterocycles. The van der Waals surface area contributed by atoms with E-state index in [0.717, 1.165) is 36.1 Å². The number of halogens is 2. The third kappa shape index (κ3) is 7.06. The van der Waals surface area contributed by atoms with E-state index in [9.17, 15) is 4.79 Å². The van der Waals surface area contributed by atoms with Crippen LogP contribution in [0.15, 0.2) is 52.8 Å². The van der Waals surface area contributed by atoms with Crippen LogP contribution in [0.3, 0.4) is 0 Å². The SMILES string of the molecule is CCCCOC(=O)C1=C(C)Nc2nc(SCCC)nn2C1c1ccc(OCc2ccc(Cl)c(Cl)c2)c(OCC)c1. The molecule has 0 saturated heterocycles. The van der Waals surface area contributed by atoms with Gasteiger partial charge in [0.15, 0.2) is 11.5 Å². The minimum atomic E-state index is -0.558. The molecule has 0 radical (unpaired) electrons. The second-order valence-corrected chi connectivity index (χ2v) is 11.1. The number of unbranched alkanes of at least 4 members (excludes halogenated alkanes) is 1. The lowest BCUT2D eigenvalue weighted by molar-refractivity contribution is -0.139. The summed E-state index contributed by atoms with van der Waals surface area (Å²) in [5, 5.41) is 9.63. The Morgan fingerprint density at radius 2 is 1.88 bits per heavy atom. The average Bonchev–Trinajstić information content (AvgIpc) is 3.34. The van der Waals surface area contributed by atoms with E-state index < -0.39 is 6.04 Å². The number of thioether (sulfide) groups is 1. The summed E-state index contributed by atoms with van der Waals surface area (Å²) in [4.78, 5) is 18.1. The summed E-state index contributed by atoms with van der Waals surface area (Å²) in [7, 11) is 0. The first-order chi connectivity index (χ1) is 19.4. The molecule has 3 aromatic rings. The molecular weight excluding hydrogens is 571 g/mol. The molecule has 8 nitrogen and oxygen atoms in total. The Hall–Kier alpha value is -2.88. The van der Waals surface area contributed by atoms with Gasteiger partial charge >= 0.3 is 5.97 Å². The van der Waals surface area contributed by atoms with Crippen molar-refractivity contribution >= 4 is 46.9 Å². The van der Waals surface area contributed by atoms with Crippen LogP contribution in [0.25, 0.3) is 0 Å². The lowest BCUT2D eigenvalue weighted by Crippen LogP contribution is -2.30. The van der Waals surface area contributed by atoms with Gasteiger partial charge in [-0.3, -0.25) is 0 Å². The Kier molecular flexibility index (Phi) is 10.6. The van der Waals surface area contributed by atoms with E-state index in [4.69, 9.17) is 42.5 Å². The van der Waals surface area contributed by atoms with Gasteiger partial charge in [-0.15, -0.1) is 5.10 Å². The maximum atomic E-state index is 13.4. The van der Waals surface area contributed by atoms with Crippen molar-refractivity contribution in [3.05, 3.63) is 68.8 Å². The molecule has 0 spiro atoms. The number of hydrogen-bond donors (Lipinski definition) is 1. The Morgan fingerprint density at radius 1 is 1.05 bits per heavy atom. The number of carbonyl (C=O) groups is 1. The number of rotatable bonds is 13. The van der Waals surface area contributed by atoms with Crippen LogP contribution < -0.4 is 14.8 Å². The Balaban J connectivity index is 1.70. The van der Waals surface area contributed by atoms with Crippen LogP contribution in [-0.2, 0) is 16.1 Å². The van der Waals surface area contributed by atoms with E-state index >= 15 is 0 Å². The summed E-state index contributed by atoms with van der Waals surface area (Å²) >= 11 is 13.8. The predicted molar refractivity (Wildman–Crippen MR) is 160 cm³/mol. The highest BCUT2D eigenvalue weighted by molar-refractivity contribution is 7.99. The Morgan fingerprint density at radius 3 is 2.60 bits per heavy atom. The summed E-state index contributed by atoms with van der Waals surface area (Å²) in [5.74, 6) is 2.20. The molecule has 0 saturated carbocycles. The quantitative estimate of drug-likeness (QED) is 0.121. The summed E-state index contributed by atoms with van der Waals surface area (Å²) < 4.78 is 19.5. The van der Waals surface area contributed by atoms with Crippen LogP contribution in [0.2, 0.25) is 10.0 Å². The molecule has 4 rings (SSSR count). The molecule has 214 valence electrons. The van der Waals surface area contributed by atoms with E-state index in [1.807, 2.05) is 38.1 Å². The van der Waals surface area contributed by atoms with Gasteiger partial charge in [-0.2, -0.15) is 4.98 Å². The summed E-state index contributed by atoms with van der Waals surface area (Å²) in [6.07, 6.45) is 2.72. The van der Waals surface area contributed by atoms with Gasteiger partial charge < -0.3 is 19.5 Å². The molecule has 1 unspecified atom stereocenters. The van der Waals surface area contributed by atoms with Crippen LogP contribution in [0, 0.1) is 0 Å². The first-order valence-corrected chi connectivity index (χ1v) is 15.2. The second-order valence-electron chi connectivity index (χ2n) is 9.24. The van der Waals surface area contributed by atoms with E-state index in [0.29, 0.717) is 57.1 Å². The number of fused-ring (bicyclic) bond motifs is 1. The number of esters is 1. The van der Waals surface area contributed by atoms with E-state index in [2.05, 4.69) is 24.1 Å². The first-order valence-electron chi connectivity index (χ1n) is 13.4. The minimum absolute atomic E-state index is 0.281. The molecule has 1 N–H and O–H groups in total. The fourth-order valence-electron chi connectivity index (χ4n) is 4.22. The normalized spacial score (nSPS) is 14.5. The molecule has 1 atom stereocenters. The van der Waals surface area contributed by atoms with Crippen molar-refractivity contribution in [3.63, 3.8) is 0 Å². The molecule has 1 aliphatic heterocycles. The zero-order chi connectivity index (χ0) is 28.6. The Labute approximate surface area is 249 Å². The van der Waals surface area contributed by atoms with E-state index in [-0.39, 0.29) is 12.6 Å². The fraction of sp³-hybridized carbons (Fsp3) is 0.414. The highest BCUT2D eigenvalue weighted by atomic mass is 35.5. The van der Waals surface area contributed by atoms with Gasteiger partial charge in [0.1, 0.15) is 12.6 Å². The maximum absolute atomic E-state index is 13.4. The molecule has 0 amide bonds. The molecule has 0 bridgehead atoms. The maximum Gasteiger partial charge on any atom is 0.338 e. The predicted octanol–water partition coefficient (Wildman–Crippen LogP) is 7.70. The average molecular weight is 606 g/mol. The summed E-state index contributed by atoms with van der Waals surface area (Å²) in [6, 6.07) is 10.5. The molecule has 1 aliphatic rings. The topological polar surface area (TPSA) is 87.5 Å². The molecule has 1 aromatic heterocycles. The monoisotopic (exact) mass is 604 g/mol. The molecule has 40 heavy (non-hydrogen) atoms. The lowest BCUT2D eigenvalue weighted by Gasteiger charge is -2.28. The van der Waals surface area contributed by atoms with Crippen molar-refractivity contribution in [1.29, 1.82) is 0 Å². The number of benzene rings is 2. The van der Waals surface area contributed by atoms with Crippen LogP contribution in [-0.4, -0.2) is 39.7 Å². The smallest absolute Gasteiger partial charge is 0.338 e. The number of nitrogens with zero attached hydrogens (tertiary/aromatic N) is 3. The molecule has 2 aromatic carbocycles. The number of allylic oxidation sites excluding steroid dienone is 1. The van der Waals surface area contributed by atoms with Gasteiger partial charge in [0.25, 0.3) is 0 Å². The lowest BCUT2D eigenvalue weighted by atomic mass is 9.95. The van der Waals surface area contributed by atoms with Crippen molar-refractivity contribution in [1.82, 2.24) is 14.8 Å². The van der Waals surface area contributed by atoms with Crippen LogP contribution in [0.5, 0.6) is 11.5 Å². The number of hydrogen-bond acceptors (Lipinski definition) is 8. The largest absolute Gasteiger partial charge is 0.490 e. The number of aromatic nitrogens is 3. The molecular formula is C29H34Cl2N4O4S. The highest BCUT2D eigenvalue weighted by Crippen LogP contribution is 2.40. The number of ether oxygens (including phenoxy) is 3.